The first-order valence-corrected chi connectivity index (χ1v) is 9.44. The first-order chi connectivity index (χ1) is 15.3. The fourth-order valence-electron chi connectivity index (χ4n) is 2.36. The van der Waals surface area contributed by atoms with Crippen molar-refractivity contribution < 1.29 is 59.1 Å². The van der Waals surface area contributed by atoms with Gasteiger partial charge in [0.2, 0.25) is 17.7 Å². The summed E-state index contributed by atoms with van der Waals surface area (Å²) in [4.78, 5) is 80.1. The van der Waals surface area contributed by atoms with Crippen LogP contribution in [0.25, 0.3) is 0 Å². The Balaban J connectivity index is 5.36. The molecule has 0 bridgehead atoms. The average Bonchev–Trinajstić information content (AvgIpc) is 2.70. The van der Waals surface area contributed by atoms with Crippen molar-refractivity contribution in [2.45, 2.75) is 56.3 Å². The number of carbonyl (C=O) groups is 7. The highest BCUT2D eigenvalue weighted by Gasteiger charge is 2.30. The van der Waals surface area contributed by atoms with E-state index in [1.807, 2.05) is 10.6 Å². The molecule has 0 radical (unpaired) electrons. The minimum atomic E-state index is -1.69. The van der Waals surface area contributed by atoms with Crippen LogP contribution in [0.15, 0.2) is 0 Å². The molecular formula is C17H26N4O12. The lowest BCUT2D eigenvalue weighted by atomic mass is 10.1. The zero-order valence-electron chi connectivity index (χ0n) is 17.2. The number of aliphatic carboxylic acids is 4. The smallest absolute Gasteiger partial charge is 0.326 e. The van der Waals surface area contributed by atoms with E-state index < -0.39 is 104 Å². The molecule has 0 rings (SSSR count). The molecular weight excluding hydrogens is 452 g/mol. The Kier molecular flexibility index (Phi) is 12.7. The molecule has 0 saturated carbocycles. The highest BCUT2D eigenvalue weighted by Crippen LogP contribution is 2.04. The van der Waals surface area contributed by atoms with Gasteiger partial charge < -0.3 is 47.2 Å². The van der Waals surface area contributed by atoms with Crippen molar-refractivity contribution >= 4 is 41.6 Å². The molecule has 10 N–H and O–H groups in total. The second-order valence-electron chi connectivity index (χ2n) is 6.77. The fraction of sp³-hybridized carbons (Fsp3) is 0.588. The Morgan fingerprint density at radius 1 is 0.636 bits per heavy atom. The molecule has 4 atom stereocenters. The second kappa shape index (κ2) is 14.3. The minimum Gasteiger partial charge on any atom is -0.481 e. The van der Waals surface area contributed by atoms with Crippen LogP contribution >= 0.6 is 0 Å². The predicted octanol–water partition coefficient (Wildman–Crippen LogP) is -3.95. The molecule has 0 aliphatic carbocycles. The van der Waals surface area contributed by atoms with Gasteiger partial charge in [-0.05, 0) is 12.8 Å². The first kappa shape index (κ1) is 29.2. The number of carboxylic acid groups (broad SMARTS) is 4. The molecule has 0 heterocycles. The van der Waals surface area contributed by atoms with Crippen LogP contribution < -0.4 is 21.7 Å². The van der Waals surface area contributed by atoms with Crippen molar-refractivity contribution in [1.82, 2.24) is 16.0 Å². The van der Waals surface area contributed by atoms with E-state index in [9.17, 15) is 38.7 Å². The van der Waals surface area contributed by atoms with Gasteiger partial charge in [0.1, 0.15) is 18.1 Å². The van der Waals surface area contributed by atoms with Gasteiger partial charge in [-0.25, -0.2) is 4.79 Å². The Morgan fingerprint density at radius 2 is 1.06 bits per heavy atom. The van der Waals surface area contributed by atoms with Crippen molar-refractivity contribution in [3.63, 3.8) is 0 Å². The molecule has 33 heavy (non-hydrogen) atoms. The number of amides is 3. The van der Waals surface area contributed by atoms with E-state index in [1.165, 1.54) is 0 Å². The van der Waals surface area contributed by atoms with Gasteiger partial charge in [-0.1, -0.05) is 0 Å². The summed E-state index contributed by atoms with van der Waals surface area (Å²) >= 11 is 0. The molecule has 0 saturated heterocycles. The lowest BCUT2D eigenvalue weighted by Crippen LogP contribution is -2.58. The summed E-state index contributed by atoms with van der Waals surface area (Å²) in [6.07, 6.45) is -3.01. The molecule has 0 aromatic heterocycles. The molecule has 0 aromatic carbocycles. The number of nitrogens with two attached hydrogens (primary N) is 1. The topological polar surface area (TPSA) is 283 Å². The maximum Gasteiger partial charge on any atom is 0.326 e. The number of aliphatic hydroxyl groups excluding tert-OH is 1. The predicted molar refractivity (Wildman–Crippen MR) is 104 cm³/mol. The third kappa shape index (κ3) is 12.0. The normalized spacial score (nSPS) is 14.1. The van der Waals surface area contributed by atoms with Gasteiger partial charge in [-0.15, -0.1) is 0 Å². The molecule has 0 aromatic rings. The quantitative estimate of drug-likeness (QED) is 0.102. The van der Waals surface area contributed by atoms with E-state index >= 15 is 0 Å². The molecule has 0 aliphatic heterocycles. The summed E-state index contributed by atoms with van der Waals surface area (Å²) in [5.41, 5.74) is 5.35. The number of aliphatic hydroxyl groups is 1. The SMILES string of the molecule is NC(CC(=O)O)C(=O)NC(CO)C(=O)NC(CCC(=O)O)C(=O)NC(CCC(=O)O)C(=O)O. The van der Waals surface area contributed by atoms with Gasteiger partial charge >= 0.3 is 23.9 Å². The second-order valence-corrected chi connectivity index (χ2v) is 6.77. The van der Waals surface area contributed by atoms with Crippen molar-refractivity contribution in [3.05, 3.63) is 0 Å². The number of hydrogen-bond donors (Lipinski definition) is 9. The standard InChI is InChI=1S/C17H26N4O12/c18-7(5-13(27)28)14(29)21-10(6-22)16(31)19-8(1-3-11(23)24)15(30)20-9(17(32)33)2-4-12(25)26/h7-10,22H,1-6,18H2,(H,19,31)(H,20,30)(H,21,29)(H,23,24)(H,25,26)(H,27,28)(H,32,33). The third-order valence-electron chi connectivity index (χ3n) is 4.09. The van der Waals surface area contributed by atoms with Crippen LogP contribution in [0.1, 0.15) is 32.1 Å². The van der Waals surface area contributed by atoms with Crippen LogP contribution in [-0.4, -0.2) is 97.9 Å². The van der Waals surface area contributed by atoms with Gasteiger partial charge in [-0.3, -0.25) is 28.8 Å². The maximum absolute atomic E-state index is 12.4. The van der Waals surface area contributed by atoms with E-state index in [0.717, 1.165) is 0 Å². The Hall–Kier alpha value is -3.79. The summed E-state index contributed by atoms with van der Waals surface area (Å²) in [6, 6.07) is -6.53. The van der Waals surface area contributed by atoms with E-state index in [2.05, 4.69) is 5.32 Å². The van der Waals surface area contributed by atoms with Gasteiger partial charge in [0.25, 0.3) is 0 Å². The lowest BCUT2D eigenvalue weighted by molar-refractivity contribution is -0.144. The number of carboxylic acids is 4. The van der Waals surface area contributed by atoms with E-state index in [1.54, 1.807) is 0 Å². The van der Waals surface area contributed by atoms with Gasteiger partial charge in [0.15, 0.2) is 0 Å². The molecule has 0 spiro atoms. The number of nitrogens with one attached hydrogen (secondary N) is 3. The Labute approximate surface area is 186 Å². The third-order valence-corrected chi connectivity index (χ3v) is 4.09. The molecule has 16 heteroatoms. The highest BCUT2D eigenvalue weighted by molar-refractivity contribution is 5.95. The van der Waals surface area contributed by atoms with E-state index in [4.69, 9.17) is 26.2 Å². The van der Waals surface area contributed by atoms with Crippen molar-refractivity contribution in [2.24, 2.45) is 5.73 Å². The molecule has 16 nitrogen and oxygen atoms in total. The monoisotopic (exact) mass is 478 g/mol. The zero-order chi connectivity index (χ0) is 25.7. The van der Waals surface area contributed by atoms with Gasteiger partial charge in [0.05, 0.1) is 19.1 Å². The van der Waals surface area contributed by atoms with Gasteiger partial charge in [0, 0.05) is 12.8 Å². The van der Waals surface area contributed by atoms with Crippen LogP contribution in [0.2, 0.25) is 0 Å². The minimum absolute atomic E-state index is 0.493. The molecule has 4 unspecified atom stereocenters. The zero-order valence-corrected chi connectivity index (χ0v) is 17.2. The summed E-state index contributed by atoms with van der Waals surface area (Å²) < 4.78 is 0. The first-order valence-electron chi connectivity index (χ1n) is 9.44. The van der Waals surface area contributed by atoms with Crippen LogP contribution in [0.4, 0.5) is 0 Å². The van der Waals surface area contributed by atoms with E-state index in [-0.39, 0.29) is 0 Å². The molecule has 0 fully saturated rings. The van der Waals surface area contributed by atoms with E-state index in [0.29, 0.717) is 0 Å². The Morgan fingerprint density at radius 3 is 1.48 bits per heavy atom. The summed E-state index contributed by atoms with van der Waals surface area (Å²) in [7, 11) is 0. The summed E-state index contributed by atoms with van der Waals surface area (Å²) in [6.45, 7) is -0.999. The molecule has 0 aliphatic rings. The van der Waals surface area contributed by atoms with Crippen LogP contribution in [-0.2, 0) is 33.6 Å². The highest BCUT2D eigenvalue weighted by atomic mass is 16.4. The maximum atomic E-state index is 12.4. The lowest BCUT2D eigenvalue weighted by Gasteiger charge is -2.24. The Bertz CT molecular complexity index is 771. The van der Waals surface area contributed by atoms with Crippen molar-refractivity contribution in [1.29, 1.82) is 0 Å². The number of carbonyl (C=O) groups excluding carboxylic acids is 3. The van der Waals surface area contributed by atoms with Gasteiger partial charge in [-0.2, -0.15) is 0 Å². The fourth-order valence-corrected chi connectivity index (χ4v) is 2.36. The van der Waals surface area contributed by atoms with Crippen LogP contribution in [0.5, 0.6) is 0 Å². The summed E-state index contributed by atoms with van der Waals surface area (Å²) in [5, 5.41) is 50.7. The van der Waals surface area contributed by atoms with Crippen LogP contribution in [0.3, 0.4) is 0 Å². The van der Waals surface area contributed by atoms with Crippen molar-refractivity contribution in [3.8, 4) is 0 Å². The number of hydrogen-bond acceptors (Lipinski definition) is 9. The largest absolute Gasteiger partial charge is 0.481 e. The average molecular weight is 478 g/mol. The molecule has 186 valence electrons. The summed E-state index contributed by atoms with van der Waals surface area (Å²) in [5.74, 6) is -9.06. The van der Waals surface area contributed by atoms with Crippen molar-refractivity contribution in [2.75, 3.05) is 6.61 Å². The van der Waals surface area contributed by atoms with Crippen LogP contribution in [0, 0.1) is 0 Å². The molecule has 3 amide bonds. The number of rotatable bonds is 16.